The first kappa shape index (κ1) is 18.0. The maximum Gasteiger partial charge on any atom is 0.243 e. The summed E-state index contributed by atoms with van der Waals surface area (Å²) < 4.78 is 38.3. The molecule has 128 valence electrons. The Morgan fingerprint density at radius 1 is 1.48 bits per heavy atom. The van der Waals surface area contributed by atoms with Crippen LogP contribution < -0.4 is 4.31 Å². The van der Waals surface area contributed by atoms with Crippen molar-refractivity contribution in [3.05, 3.63) is 29.0 Å². The summed E-state index contributed by atoms with van der Waals surface area (Å²) in [5, 5.41) is -0.185. The summed E-state index contributed by atoms with van der Waals surface area (Å²) in [6, 6.07) is 3.60. The lowest BCUT2D eigenvalue weighted by molar-refractivity contribution is -0.131. The highest BCUT2D eigenvalue weighted by molar-refractivity contribution is 7.92. The molecule has 1 atom stereocenters. The van der Waals surface area contributed by atoms with Crippen LogP contribution in [0.5, 0.6) is 0 Å². The topological polar surface area (TPSA) is 57.7 Å². The third kappa shape index (κ3) is 4.57. The average Bonchev–Trinajstić information content (AvgIpc) is 2.46. The van der Waals surface area contributed by atoms with Crippen molar-refractivity contribution in [2.45, 2.75) is 19.8 Å². The standard InChI is InChI=1S/C15H20ClFN2O3S/c1-11-4-3-7-18(9-11)15(20)10-19(23(2,21)22)12-5-6-14(17)13(16)8-12/h5-6,8,11H,3-4,7,9-10H2,1-2H3/t11-/m0/s1. The van der Waals surface area contributed by atoms with Gasteiger partial charge in [-0.3, -0.25) is 9.10 Å². The van der Waals surface area contributed by atoms with Crippen molar-refractivity contribution in [2.75, 3.05) is 30.2 Å². The van der Waals surface area contributed by atoms with E-state index >= 15 is 0 Å². The molecule has 0 saturated carbocycles. The molecule has 0 N–H and O–H groups in total. The molecular weight excluding hydrogens is 343 g/mol. The number of piperidine rings is 1. The number of halogens is 2. The maximum absolute atomic E-state index is 13.3. The number of carbonyl (C=O) groups excluding carboxylic acids is 1. The largest absolute Gasteiger partial charge is 0.341 e. The lowest BCUT2D eigenvalue weighted by Crippen LogP contribution is -2.46. The molecule has 0 aliphatic carbocycles. The summed E-state index contributed by atoms with van der Waals surface area (Å²) in [7, 11) is -3.69. The predicted molar refractivity (Wildman–Crippen MR) is 88.6 cm³/mol. The molecule has 0 aromatic heterocycles. The minimum Gasteiger partial charge on any atom is -0.341 e. The Morgan fingerprint density at radius 3 is 2.74 bits per heavy atom. The van der Waals surface area contributed by atoms with E-state index in [1.54, 1.807) is 4.90 Å². The van der Waals surface area contributed by atoms with Crippen molar-refractivity contribution in [1.29, 1.82) is 0 Å². The van der Waals surface area contributed by atoms with E-state index in [9.17, 15) is 17.6 Å². The normalized spacial score (nSPS) is 18.8. The predicted octanol–water partition coefficient (Wildman–Crippen LogP) is 2.50. The highest BCUT2D eigenvalue weighted by Crippen LogP contribution is 2.25. The van der Waals surface area contributed by atoms with Gasteiger partial charge >= 0.3 is 0 Å². The van der Waals surface area contributed by atoms with Gasteiger partial charge in [0.15, 0.2) is 0 Å². The molecule has 1 fully saturated rings. The maximum atomic E-state index is 13.3. The molecule has 8 heteroatoms. The molecule has 1 aromatic rings. The second kappa shape index (κ2) is 7.05. The molecule has 5 nitrogen and oxygen atoms in total. The summed E-state index contributed by atoms with van der Waals surface area (Å²) >= 11 is 5.72. The van der Waals surface area contributed by atoms with E-state index in [1.807, 2.05) is 0 Å². The lowest BCUT2D eigenvalue weighted by atomic mass is 10.0. The summed E-state index contributed by atoms with van der Waals surface area (Å²) in [5.41, 5.74) is 0.178. The number of benzene rings is 1. The Bertz CT molecular complexity index is 696. The van der Waals surface area contributed by atoms with Crippen LogP contribution in [0.3, 0.4) is 0 Å². The van der Waals surface area contributed by atoms with Gasteiger partial charge < -0.3 is 4.90 Å². The van der Waals surface area contributed by atoms with Gasteiger partial charge in [0.05, 0.1) is 17.0 Å². The molecule has 1 amide bonds. The zero-order chi connectivity index (χ0) is 17.2. The molecule has 0 radical (unpaired) electrons. The molecule has 1 aliphatic heterocycles. The number of hydrogen-bond acceptors (Lipinski definition) is 3. The molecule has 1 heterocycles. The minimum absolute atomic E-state index is 0.178. The fraction of sp³-hybridized carbons (Fsp3) is 0.533. The van der Waals surface area contributed by atoms with Gasteiger partial charge in [0.1, 0.15) is 12.4 Å². The van der Waals surface area contributed by atoms with Gasteiger partial charge in [-0.05, 0) is 37.0 Å². The molecule has 0 unspecified atom stereocenters. The van der Waals surface area contributed by atoms with Crippen LogP contribution in [0.15, 0.2) is 18.2 Å². The molecular formula is C15H20ClFN2O3S. The van der Waals surface area contributed by atoms with Crippen LogP contribution in [0.2, 0.25) is 5.02 Å². The van der Waals surface area contributed by atoms with Gasteiger partial charge in [-0.1, -0.05) is 18.5 Å². The van der Waals surface area contributed by atoms with Crippen LogP contribution in [0.25, 0.3) is 0 Å². The lowest BCUT2D eigenvalue weighted by Gasteiger charge is -2.33. The Labute approximate surface area is 141 Å². The molecule has 1 aliphatic rings. The SMILES string of the molecule is C[C@H]1CCCN(C(=O)CN(c2ccc(F)c(Cl)c2)S(C)(=O)=O)C1. The van der Waals surface area contributed by atoms with Gasteiger partial charge in [-0.2, -0.15) is 0 Å². The first-order valence-electron chi connectivity index (χ1n) is 7.39. The fourth-order valence-electron chi connectivity index (χ4n) is 2.68. The molecule has 0 bridgehead atoms. The van der Waals surface area contributed by atoms with Crippen LogP contribution >= 0.6 is 11.6 Å². The van der Waals surface area contributed by atoms with Crippen LogP contribution in [0.1, 0.15) is 19.8 Å². The zero-order valence-electron chi connectivity index (χ0n) is 13.1. The minimum atomic E-state index is -3.69. The number of rotatable bonds is 4. The molecule has 1 saturated heterocycles. The van der Waals surface area contributed by atoms with Crippen molar-refractivity contribution in [1.82, 2.24) is 4.90 Å². The van der Waals surface area contributed by atoms with Gasteiger partial charge in [0.2, 0.25) is 15.9 Å². The summed E-state index contributed by atoms with van der Waals surface area (Å²) in [6.07, 6.45) is 2.98. The van der Waals surface area contributed by atoms with Gasteiger partial charge in [0, 0.05) is 13.1 Å². The Morgan fingerprint density at radius 2 is 2.17 bits per heavy atom. The van der Waals surface area contributed by atoms with Crippen molar-refractivity contribution in [2.24, 2.45) is 5.92 Å². The van der Waals surface area contributed by atoms with E-state index in [0.717, 1.165) is 29.5 Å². The van der Waals surface area contributed by atoms with E-state index < -0.39 is 15.8 Å². The van der Waals surface area contributed by atoms with Crippen molar-refractivity contribution in [3.8, 4) is 0 Å². The van der Waals surface area contributed by atoms with Crippen LogP contribution in [0, 0.1) is 11.7 Å². The zero-order valence-corrected chi connectivity index (χ0v) is 14.7. The van der Waals surface area contributed by atoms with Crippen molar-refractivity contribution >= 4 is 33.2 Å². The molecule has 23 heavy (non-hydrogen) atoms. The van der Waals surface area contributed by atoms with E-state index in [-0.39, 0.29) is 23.2 Å². The van der Waals surface area contributed by atoms with Gasteiger partial charge in [0.25, 0.3) is 0 Å². The average molecular weight is 363 g/mol. The first-order chi connectivity index (χ1) is 10.7. The Kier molecular flexibility index (Phi) is 5.52. The smallest absolute Gasteiger partial charge is 0.243 e. The van der Waals surface area contributed by atoms with E-state index in [0.29, 0.717) is 19.0 Å². The highest BCUT2D eigenvalue weighted by atomic mass is 35.5. The number of likely N-dealkylation sites (tertiary alicyclic amines) is 1. The van der Waals surface area contributed by atoms with Gasteiger partial charge in [-0.15, -0.1) is 0 Å². The van der Waals surface area contributed by atoms with Gasteiger partial charge in [-0.25, -0.2) is 12.8 Å². The third-order valence-electron chi connectivity index (χ3n) is 3.88. The number of sulfonamides is 1. The molecule has 2 rings (SSSR count). The van der Waals surface area contributed by atoms with E-state index in [2.05, 4.69) is 6.92 Å². The van der Waals surface area contributed by atoms with Crippen LogP contribution in [-0.2, 0) is 14.8 Å². The molecule has 0 spiro atoms. The monoisotopic (exact) mass is 362 g/mol. The number of nitrogens with zero attached hydrogens (tertiary/aromatic N) is 2. The van der Waals surface area contributed by atoms with E-state index in [4.69, 9.17) is 11.6 Å². The van der Waals surface area contributed by atoms with Crippen molar-refractivity contribution < 1.29 is 17.6 Å². The second-order valence-corrected chi connectivity index (χ2v) is 8.27. The molecule has 1 aromatic carbocycles. The van der Waals surface area contributed by atoms with Crippen LogP contribution in [-0.4, -0.2) is 45.1 Å². The number of amides is 1. The number of anilines is 1. The first-order valence-corrected chi connectivity index (χ1v) is 9.61. The van der Waals surface area contributed by atoms with Crippen molar-refractivity contribution in [3.63, 3.8) is 0 Å². The summed E-state index contributed by atoms with van der Waals surface area (Å²) in [5.74, 6) is -0.498. The summed E-state index contributed by atoms with van der Waals surface area (Å²) in [6.45, 7) is 3.01. The number of carbonyl (C=O) groups is 1. The van der Waals surface area contributed by atoms with E-state index in [1.165, 1.54) is 12.1 Å². The quantitative estimate of drug-likeness (QED) is 0.826. The van der Waals surface area contributed by atoms with Crippen LogP contribution in [0.4, 0.5) is 10.1 Å². The Balaban J connectivity index is 2.22. The number of hydrogen-bond donors (Lipinski definition) is 0. The second-order valence-electron chi connectivity index (χ2n) is 5.96. The Hall–Kier alpha value is -1.34. The summed E-state index contributed by atoms with van der Waals surface area (Å²) in [4.78, 5) is 14.1. The highest BCUT2D eigenvalue weighted by Gasteiger charge is 2.27. The third-order valence-corrected chi connectivity index (χ3v) is 5.31. The fourth-order valence-corrected chi connectivity index (χ4v) is 3.70.